The summed E-state index contributed by atoms with van der Waals surface area (Å²) in [7, 11) is 0. The summed E-state index contributed by atoms with van der Waals surface area (Å²) in [4.78, 5) is 16.8. The largest absolute Gasteiger partial charge is 0.416 e. The number of benzene rings is 1. The predicted molar refractivity (Wildman–Crippen MR) is 94.9 cm³/mol. The highest BCUT2D eigenvalue weighted by molar-refractivity contribution is 6.04. The van der Waals surface area contributed by atoms with E-state index in [4.69, 9.17) is 0 Å². The van der Waals surface area contributed by atoms with E-state index in [-0.39, 0.29) is 5.56 Å². The van der Waals surface area contributed by atoms with Crippen LogP contribution in [-0.4, -0.2) is 47.8 Å². The molecular formula is C20H24F4N2O. The molecule has 0 radical (unpaired) electrons. The standard InChI is InChI=1S/C20H24F4N2O/c21-18-13-15(20(22,23)24)6-7-17(18)19(27)8-12-26-11-4-5-16(26)14-25-9-2-1-3-10-25/h6-8,12-13,16H,1-5,9-11,14H2/b12-8+/t16-/m0/s1. The van der Waals surface area contributed by atoms with Gasteiger partial charge in [0.15, 0.2) is 5.78 Å². The smallest absolute Gasteiger partial charge is 0.373 e. The minimum Gasteiger partial charge on any atom is -0.373 e. The van der Waals surface area contributed by atoms with Gasteiger partial charge in [-0.05, 0) is 57.0 Å². The molecule has 3 rings (SSSR count). The lowest BCUT2D eigenvalue weighted by Crippen LogP contribution is -2.40. The fourth-order valence-electron chi connectivity index (χ4n) is 3.83. The van der Waals surface area contributed by atoms with Crippen LogP contribution < -0.4 is 0 Å². The highest BCUT2D eigenvalue weighted by atomic mass is 19.4. The van der Waals surface area contributed by atoms with Crippen LogP contribution in [0.2, 0.25) is 0 Å². The maximum atomic E-state index is 13.9. The third kappa shape index (κ3) is 5.09. The molecule has 3 nitrogen and oxygen atoms in total. The van der Waals surface area contributed by atoms with Crippen molar-refractivity contribution in [3.63, 3.8) is 0 Å². The van der Waals surface area contributed by atoms with E-state index in [2.05, 4.69) is 9.80 Å². The predicted octanol–water partition coefficient (Wildman–Crippen LogP) is 4.49. The van der Waals surface area contributed by atoms with E-state index in [9.17, 15) is 22.4 Å². The molecule has 1 aromatic rings. The van der Waals surface area contributed by atoms with Gasteiger partial charge in [-0.15, -0.1) is 0 Å². The Hall–Kier alpha value is -1.89. The molecule has 27 heavy (non-hydrogen) atoms. The molecule has 2 aliphatic rings. The second-order valence-corrected chi connectivity index (χ2v) is 7.27. The van der Waals surface area contributed by atoms with Crippen molar-refractivity contribution in [2.75, 3.05) is 26.2 Å². The van der Waals surface area contributed by atoms with Crippen molar-refractivity contribution in [2.45, 2.75) is 44.3 Å². The first-order valence-electron chi connectivity index (χ1n) is 9.42. The van der Waals surface area contributed by atoms with Gasteiger partial charge in [-0.1, -0.05) is 6.42 Å². The van der Waals surface area contributed by atoms with Gasteiger partial charge in [0.05, 0.1) is 11.1 Å². The quantitative estimate of drug-likeness (QED) is 0.425. The van der Waals surface area contributed by atoms with Gasteiger partial charge < -0.3 is 9.80 Å². The number of ketones is 1. The molecule has 2 aliphatic heterocycles. The van der Waals surface area contributed by atoms with Crippen LogP contribution in [-0.2, 0) is 6.18 Å². The zero-order valence-electron chi connectivity index (χ0n) is 15.1. The Labute approximate surface area is 156 Å². The van der Waals surface area contributed by atoms with Crippen molar-refractivity contribution >= 4 is 5.78 Å². The second-order valence-electron chi connectivity index (χ2n) is 7.27. The number of carbonyl (C=O) groups is 1. The van der Waals surface area contributed by atoms with E-state index in [1.54, 1.807) is 6.20 Å². The highest BCUT2D eigenvalue weighted by Gasteiger charge is 2.31. The Morgan fingerprint density at radius 1 is 1.11 bits per heavy atom. The first-order chi connectivity index (χ1) is 12.8. The second kappa shape index (κ2) is 8.42. The van der Waals surface area contributed by atoms with Crippen LogP contribution in [0.5, 0.6) is 0 Å². The molecule has 1 atom stereocenters. The minimum atomic E-state index is -4.63. The molecule has 0 bridgehead atoms. The van der Waals surface area contributed by atoms with Crippen LogP contribution in [0.3, 0.4) is 0 Å². The van der Waals surface area contributed by atoms with Crippen LogP contribution in [0.25, 0.3) is 0 Å². The number of piperidine rings is 1. The van der Waals surface area contributed by atoms with Gasteiger partial charge in [0.1, 0.15) is 5.82 Å². The van der Waals surface area contributed by atoms with E-state index in [1.165, 1.54) is 25.3 Å². The number of nitrogens with zero attached hydrogens (tertiary/aromatic N) is 2. The third-order valence-corrected chi connectivity index (χ3v) is 5.32. The Bertz CT molecular complexity index is 696. The highest BCUT2D eigenvalue weighted by Crippen LogP contribution is 2.30. The van der Waals surface area contributed by atoms with Gasteiger partial charge in [0, 0.05) is 31.4 Å². The topological polar surface area (TPSA) is 23.6 Å². The summed E-state index contributed by atoms with van der Waals surface area (Å²) in [5, 5.41) is 0. The molecular weight excluding hydrogens is 360 g/mol. The fraction of sp³-hybridized carbons (Fsp3) is 0.550. The molecule has 0 aliphatic carbocycles. The summed E-state index contributed by atoms with van der Waals surface area (Å²) in [6.07, 6.45) is 4.09. The summed E-state index contributed by atoms with van der Waals surface area (Å²) in [5.74, 6) is -1.77. The fourth-order valence-corrected chi connectivity index (χ4v) is 3.83. The lowest BCUT2D eigenvalue weighted by molar-refractivity contribution is -0.137. The maximum Gasteiger partial charge on any atom is 0.416 e. The molecule has 2 saturated heterocycles. The normalized spacial score (nSPS) is 21.9. The zero-order chi connectivity index (χ0) is 19.4. The first kappa shape index (κ1) is 19.9. The Balaban J connectivity index is 1.63. The van der Waals surface area contributed by atoms with Crippen LogP contribution in [0.15, 0.2) is 30.5 Å². The van der Waals surface area contributed by atoms with Crippen LogP contribution in [0.4, 0.5) is 17.6 Å². The summed E-state index contributed by atoms with van der Waals surface area (Å²) in [6.45, 7) is 3.98. The number of allylic oxidation sites excluding steroid dienone is 1. The Morgan fingerprint density at radius 3 is 2.52 bits per heavy atom. The van der Waals surface area contributed by atoms with E-state index in [0.717, 1.165) is 51.2 Å². The minimum absolute atomic E-state index is 0.324. The van der Waals surface area contributed by atoms with Gasteiger partial charge >= 0.3 is 6.18 Å². The van der Waals surface area contributed by atoms with Gasteiger partial charge in [-0.25, -0.2) is 4.39 Å². The van der Waals surface area contributed by atoms with Crippen molar-refractivity contribution in [1.82, 2.24) is 9.80 Å². The zero-order valence-corrected chi connectivity index (χ0v) is 15.1. The molecule has 0 unspecified atom stereocenters. The number of halogens is 4. The van der Waals surface area contributed by atoms with Crippen molar-refractivity contribution in [3.05, 3.63) is 47.4 Å². The molecule has 7 heteroatoms. The average Bonchev–Trinajstić information content (AvgIpc) is 3.06. The monoisotopic (exact) mass is 384 g/mol. The van der Waals surface area contributed by atoms with E-state index < -0.39 is 23.3 Å². The number of alkyl halides is 3. The molecule has 2 heterocycles. The summed E-state index contributed by atoms with van der Waals surface area (Å²) in [6, 6.07) is 2.33. The molecule has 0 aromatic heterocycles. The van der Waals surface area contributed by atoms with Crippen molar-refractivity contribution in [1.29, 1.82) is 0 Å². The lowest BCUT2D eigenvalue weighted by atomic mass is 10.1. The van der Waals surface area contributed by atoms with Crippen molar-refractivity contribution in [3.8, 4) is 0 Å². The van der Waals surface area contributed by atoms with E-state index in [0.29, 0.717) is 12.1 Å². The number of rotatable bonds is 5. The van der Waals surface area contributed by atoms with Gasteiger partial charge in [0.2, 0.25) is 0 Å². The summed E-state index contributed by atoms with van der Waals surface area (Å²) < 4.78 is 51.8. The van der Waals surface area contributed by atoms with Crippen LogP contribution in [0.1, 0.15) is 48.0 Å². The molecule has 0 saturated carbocycles. The Kier molecular flexibility index (Phi) is 6.19. The van der Waals surface area contributed by atoms with Crippen molar-refractivity contribution < 1.29 is 22.4 Å². The van der Waals surface area contributed by atoms with Crippen LogP contribution in [0, 0.1) is 5.82 Å². The molecule has 1 aromatic carbocycles. The number of likely N-dealkylation sites (tertiary alicyclic amines) is 2. The van der Waals surface area contributed by atoms with E-state index in [1.807, 2.05) is 0 Å². The number of hydrogen-bond acceptors (Lipinski definition) is 3. The Morgan fingerprint density at radius 2 is 1.85 bits per heavy atom. The number of hydrogen-bond donors (Lipinski definition) is 0. The SMILES string of the molecule is O=C(/C=C/N1CCC[C@H]1CN1CCCCC1)c1ccc(C(F)(F)F)cc1F. The van der Waals surface area contributed by atoms with Gasteiger partial charge in [0.25, 0.3) is 0 Å². The molecule has 0 N–H and O–H groups in total. The first-order valence-corrected chi connectivity index (χ1v) is 9.42. The van der Waals surface area contributed by atoms with E-state index >= 15 is 0 Å². The third-order valence-electron chi connectivity index (χ3n) is 5.32. The van der Waals surface area contributed by atoms with Crippen LogP contribution >= 0.6 is 0 Å². The molecule has 0 amide bonds. The average molecular weight is 384 g/mol. The molecule has 0 spiro atoms. The van der Waals surface area contributed by atoms with Gasteiger partial charge in [-0.2, -0.15) is 13.2 Å². The van der Waals surface area contributed by atoms with Crippen molar-refractivity contribution in [2.24, 2.45) is 0 Å². The molecule has 148 valence electrons. The summed E-state index contributed by atoms with van der Waals surface area (Å²) >= 11 is 0. The van der Waals surface area contributed by atoms with Gasteiger partial charge in [-0.3, -0.25) is 4.79 Å². The lowest BCUT2D eigenvalue weighted by Gasteiger charge is -2.32. The number of carbonyl (C=O) groups excluding carboxylic acids is 1. The summed E-state index contributed by atoms with van der Waals surface area (Å²) in [5.41, 5.74) is -1.44. The molecule has 2 fully saturated rings. The maximum absolute atomic E-state index is 13.9.